The predicted octanol–water partition coefficient (Wildman–Crippen LogP) is 14.9. The predicted molar refractivity (Wildman–Crippen MR) is 235 cm³/mol. The van der Waals surface area contributed by atoms with Gasteiger partial charge >= 0.3 is 0 Å². The van der Waals surface area contributed by atoms with Gasteiger partial charge in [-0.05, 0) is 121 Å². The van der Waals surface area contributed by atoms with Gasteiger partial charge in [0.25, 0.3) is 0 Å². The van der Waals surface area contributed by atoms with E-state index in [1.54, 1.807) is 0 Å². The molecule has 0 fully saturated rings. The van der Waals surface area contributed by atoms with Crippen molar-refractivity contribution >= 4 is 71.3 Å². The molecule has 0 unspecified atom stereocenters. The van der Waals surface area contributed by atoms with E-state index in [2.05, 4.69) is 181 Å². The lowest BCUT2D eigenvalue weighted by molar-refractivity contribution is 0.623. The van der Waals surface area contributed by atoms with Gasteiger partial charge in [-0.15, -0.1) is 0 Å². The lowest BCUT2D eigenvalue weighted by atomic mass is 9.94. The first kappa shape index (κ1) is 32.0. The van der Waals surface area contributed by atoms with Crippen LogP contribution in [0, 0.1) is 0 Å². The van der Waals surface area contributed by atoms with Crippen LogP contribution in [0.1, 0.15) is 0 Å². The molecule has 0 aliphatic heterocycles. The van der Waals surface area contributed by atoms with E-state index in [0.29, 0.717) is 5.89 Å². The van der Waals surface area contributed by atoms with Crippen LogP contribution in [0.25, 0.3) is 87.9 Å². The third-order valence-corrected chi connectivity index (χ3v) is 11.0. The van der Waals surface area contributed by atoms with Crippen LogP contribution in [0.5, 0.6) is 0 Å². The Labute approximate surface area is 324 Å². The first-order valence-electron chi connectivity index (χ1n) is 19.0. The minimum absolute atomic E-state index is 0.639. The van der Waals surface area contributed by atoms with Crippen LogP contribution in [-0.4, -0.2) is 4.98 Å². The molecule has 0 bridgehead atoms. The summed E-state index contributed by atoms with van der Waals surface area (Å²) in [5.41, 5.74) is 10.8. The second-order valence-electron chi connectivity index (χ2n) is 14.4. The van der Waals surface area contributed by atoms with E-state index in [1.165, 1.54) is 54.6 Å². The van der Waals surface area contributed by atoms with Crippen LogP contribution in [0.3, 0.4) is 0 Å². The number of benzene rings is 10. The van der Waals surface area contributed by atoms with E-state index in [4.69, 9.17) is 9.40 Å². The van der Waals surface area contributed by atoms with Crippen LogP contribution in [0.4, 0.5) is 17.1 Å². The Balaban J connectivity index is 0.974. The van der Waals surface area contributed by atoms with Crippen molar-refractivity contribution in [2.45, 2.75) is 0 Å². The molecule has 0 spiro atoms. The number of fused-ring (bicyclic) bond motifs is 8. The Morgan fingerprint density at radius 1 is 0.339 bits per heavy atom. The van der Waals surface area contributed by atoms with Gasteiger partial charge in [0.05, 0.1) is 0 Å². The van der Waals surface area contributed by atoms with E-state index < -0.39 is 0 Å². The first-order valence-corrected chi connectivity index (χ1v) is 19.0. The zero-order valence-electron chi connectivity index (χ0n) is 30.4. The highest BCUT2D eigenvalue weighted by atomic mass is 16.3. The van der Waals surface area contributed by atoms with Crippen LogP contribution < -0.4 is 4.90 Å². The van der Waals surface area contributed by atoms with Gasteiger partial charge in [-0.1, -0.05) is 140 Å². The molecule has 56 heavy (non-hydrogen) atoms. The zero-order valence-corrected chi connectivity index (χ0v) is 30.4. The fourth-order valence-corrected chi connectivity index (χ4v) is 8.24. The minimum Gasteiger partial charge on any atom is -0.435 e. The number of anilines is 3. The van der Waals surface area contributed by atoms with Crippen LogP contribution >= 0.6 is 0 Å². The molecule has 0 aliphatic rings. The average Bonchev–Trinajstić information content (AvgIpc) is 3.72. The standard InChI is InChI=1S/C53H34N2O/c1-4-10-35(11-5-1)40-19-20-43-34-47(29-24-42(43)32-40)55(45-14-8-3-9-15-45)46-27-22-36(23-28-46)41-25-30-48-44(33-41)21-18-37-16-17-38-26-31-49-52(51(38)50(37)48)56-53(54-49)39-12-6-2-7-13-39/h1-34H. The smallest absolute Gasteiger partial charge is 0.227 e. The maximum atomic E-state index is 6.54. The van der Waals surface area contributed by atoms with Gasteiger partial charge in [0.2, 0.25) is 5.89 Å². The number of rotatable bonds is 6. The number of para-hydroxylation sites is 1. The molecular formula is C53H34N2O. The molecule has 11 aromatic rings. The summed E-state index contributed by atoms with van der Waals surface area (Å²) in [5.74, 6) is 0.639. The SMILES string of the molecule is c1ccc(-c2ccc3cc(N(c4ccccc4)c4ccc(-c5ccc6c(ccc7ccc8ccc9nc(-c%10ccccc%10)oc9c8c76)c5)cc4)ccc3c2)cc1. The molecule has 11 rings (SSSR count). The molecule has 3 nitrogen and oxygen atoms in total. The zero-order chi connectivity index (χ0) is 37.0. The largest absolute Gasteiger partial charge is 0.435 e. The minimum atomic E-state index is 0.639. The molecule has 0 N–H and O–H groups in total. The number of oxazole rings is 1. The summed E-state index contributed by atoms with van der Waals surface area (Å²) >= 11 is 0. The summed E-state index contributed by atoms with van der Waals surface area (Å²) in [7, 11) is 0. The van der Waals surface area contributed by atoms with Gasteiger partial charge < -0.3 is 9.32 Å². The highest BCUT2D eigenvalue weighted by Gasteiger charge is 2.17. The van der Waals surface area contributed by atoms with Crippen molar-refractivity contribution in [3.63, 3.8) is 0 Å². The fraction of sp³-hybridized carbons (Fsp3) is 0. The first-order chi connectivity index (χ1) is 27.7. The van der Waals surface area contributed by atoms with E-state index in [1.807, 2.05) is 30.3 Å². The second kappa shape index (κ2) is 13.1. The van der Waals surface area contributed by atoms with Crippen molar-refractivity contribution < 1.29 is 4.42 Å². The molecule has 0 saturated carbocycles. The van der Waals surface area contributed by atoms with Crippen LogP contribution in [0.2, 0.25) is 0 Å². The molecular weight excluding hydrogens is 681 g/mol. The van der Waals surface area contributed by atoms with Gasteiger partial charge in [-0.25, -0.2) is 4.98 Å². The van der Waals surface area contributed by atoms with Crippen molar-refractivity contribution in [1.82, 2.24) is 4.98 Å². The summed E-state index contributed by atoms with van der Waals surface area (Å²) in [5, 5.41) is 9.41. The normalized spacial score (nSPS) is 11.6. The Kier molecular flexibility index (Phi) is 7.49. The number of hydrogen-bond donors (Lipinski definition) is 0. The molecule has 0 aliphatic carbocycles. The lowest BCUT2D eigenvalue weighted by Gasteiger charge is -2.26. The van der Waals surface area contributed by atoms with E-state index in [-0.39, 0.29) is 0 Å². The van der Waals surface area contributed by atoms with E-state index in [0.717, 1.165) is 44.5 Å². The highest BCUT2D eigenvalue weighted by molar-refractivity contribution is 6.26. The third kappa shape index (κ3) is 5.49. The fourth-order valence-electron chi connectivity index (χ4n) is 8.24. The molecule has 0 radical (unpaired) electrons. The van der Waals surface area contributed by atoms with Crippen LogP contribution in [0.15, 0.2) is 211 Å². The second-order valence-corrected chi connectivity index (χ2v) is 14.4. The summed E-state index contributed by atoms with van der Waals surface area (Å²) < 4.78 is 6.54. The summed E-state index contributed by atoms with van der Waals surface area (Å²) in [6, 6.07) is 73.6. The van der Waals surface area contributed by atoms with Crippen LogP contribution in [-0.2, 0) is 0 Å². The summed E-state index contributed by atoms with van der Waals surface area (Å²) in [6.07, 6.45) is 0. The maximum Gasteiger partial charge on any atom is 0.227 e. The Morgan fingerprint density at radius 2 is 0.839 bits per heavy atom. The van der Waals surface area contributed by atoms with Crippen molar-refractivity contribution in [1.29, 1.82) is 0 Å². The maximum absolute atomic E-state index is 6.54. The molecule has 3 heteroatoms. The van der Waals surface area contributed by atoms with Crippen molar-refractivity contribution in [2.24, 2.45) is 0 Å². The van der Waals surface area contributed by atoms with Crippen molar-refractivity contribution in [2.75, 3.05) is 4.90 Å². The Bertz CT molecular complexity index is 3230. The molecule has 1 aromatic heterocycles. The molecule has 1 heterocycles. The Morgan fingerprint density at radius 3 is 1.59 bits per heavy atom. The molecule has 0 amide bonds. The Hall–Kier alpha value is -7.49. The molecule has 0 saturated heterocycles. The monoisotopic (exact) mass is 714 g/mol. The van der Waals surface area contributed by atoms with E-state index in [9.17, 15) is 0 Å². The van der Waals surface area contributed by atoms with Gasteiger partial charge in [-0.2, -0.15) is 0 Å². The molecule has 262 valence electrons. The average molecular weight is 715 g/mol. The van der Waals surface area contributed by atoms with Crippen molar-refractivity contribution in [3.8, 4) is 33.7 Å². The van der Waals surface area contributed by atoms with Gasteiger partial charge in [0.1, 0.15) is 5.52 Å². The van der Waals surface area contributed by atoms with Crippen molar-refractivity contribution in [3.05, 3.63) is 206 Å². The van der Waals surface area contributed by atoms with Gasteiger partial charge in [-0.3, -0.25) is 0 Å². The summed E-state index contributed by atoms with van der Waals surface area (Å²) in [6.45, 7) is 0. The molecule has 10 aromatic carbocycles. The number of nitrogens with zero attached hydrogens (tertiary/aromatic N) is 2. The highest BCUT2D eigenvalue weighted by Crippen LogP contribution is 2.41. The van der Waals surface area contributed by atoms with Gasteiger partial charge in [0, 0.05) is 33.4 Å². The number of aromatic nitrogens is 1. The van der Waals surface area contributed by atoms with Gasteiger partial charge in [0.15, 0.2) is 5.58 Å². The topological polar surface area (TPSA) is 29.3 Å². The third-order valence-electron chi connectivity index (χ3n) is 11.0. The summed E-state index contributed by atoms with van der Waals surface area (Å²) in [4.78, 5) is 7.22. The number of hydrogen-bond acceptors (Lipinski definition) is 3. The van der Waals surface area contributed by atoms with E-state index >= 15 is 0 Å². The molecule has 0 atom stereocenters. The lowest BCUT2D eigenvalue weighted by Crippen LogP contribution is -2.09. The quantitative estimate of drug-likeness (QED) is 0.161.